The van der Waals surface area contributed by atoms with Crippen LogP contribution >= 0.6 is 57.6 Å². The molecule has 0 radical (unpaired) electrons. The average Bonchev–Trinajstić information content (AvgIpc) is 3.48. The minimum Gasteiger partial charge on any atom is -0.412 e. The zero-order chi connectivity index (χ0) is 57.1. The van der Waals surface area contributed by atoms with Gasteiger partial charge in [-0.05, 0) is 55.8 Å². The molecule has 32 nitrogen and oxygen atoms in total. The number of hydrogen-bond acceptors (Lipinski definition) is 24. The van der Waals surface area contributed by atoms with Gasteiger partial charge in [0, 0.05) is 95.2 Å². The Morgan fingerprint density at radius 2 is 0.987 bits per heavy atom. The number of nitrogens with two attached hydrogens (primary N) is 3. The number of hydrogen-bond donors (Lipinski definition) is 4. The monoisotopic (exact) mass is 1250 g/mol. The van der Waals surface area contributed by atoms with Crippen molar-refractivity contribution < 1.29 is 60.0 Å². The number of benzene rings is 1. The second-order valence-corrected chi connectivity index (χ2v) is 21.2. The van der Waals surface area contributed by atoms with E-state index in [4.69, 9.17) is 61.8 Å². The highest BCUT2D eigenvalue weighted by atomic mass is 35.7. The van der Waals surface area contributed by atoms with E-state index in [0.29, 0.717) is 15.2 Å². The number of primary sulfonamides is 2. The van der Waals surface area contributed by atoms with E-state index in [2.05, 4.69) is 24.9 Å². The number of carbonyl (C=O) groups is 2. The van der Waals surface area contributed by atoms with Crippen molar-refractivity contribution in [3.63, 3.8) is 0 Å². The van der Waals surface area contributed by atoms with E-state index >= 15 is 0 Å². The molecule has 0 saturated carbocycles. The standard InChI is InChI=1S/C12H10N2O2S.C5H6Cl2N2O2.C5H3ClN2O4S.C5H3ClN2O2.C5H5N3O4S.C5H7N3O2S.CH4.H3N.H2O/c15-14(16)11-7-4-8-13-12(11)17-9-10-5-2-1-3-6-10;1-5(2)3(10)8(6)4(11)9(5)7;6-13(11,12)5-4(8(9)10)2-1-3-7-5;6-5-4(8(9)10)2-1-3-7-5;6-13(11,12)5-4(8(9)10)2-1-3-7-5;6-4-2-1-3-8-5(4)11(7,9)10;;;/h1-8H,9H2;1-2H3;1-3H;1-3H;1-3H,(H2,6,11,12);1-3H,6H2,(H2,7,9,10);1H4;1H3;1H2. The van der Waals surface area contributed by atoms with Crippen LogP contribution < -0.4 is 22.2 Å². The number of carbonyl (C=O) groups excluding carboxylic acids is 2. The molecule has 0 atom stereocenters. The van der Waals surface area contributed by atoms with Gasteiger partial charge in [-0.15, -0.1) is 0 Å². The second-order valence-electron chi connectivity index (χ2n) is 13.7. The van der Waals surface area contributed by atoms with Crippen LogP contribution in [0.15, 0.2) is 142 Å². The third-order valence-electron chi connectivity index (χ3n) is 8.10. The highest BCUT2D eigenvalue weighted by Crippen LogP contribution is 2.31. The zero-order valence-electron chi connectivity index (χ0n) is 38.8. The second kappa shape index (κ2) is 32.3. The summed E-state index contributed by atoms with van der Waals surface area (Å²) in [6.07, 6.45) is 6.51. The van der Waals surface area contributed by atoms with Crippen molar-refractivity contribution in [3.05, 3.63) is 173 Å². The number of thioether (sulfide) groups is 1. The Morgan fingerprint density at radius 3 is 1.31 bits per heavy atom. The summed E-state index contributed by atoms with van der Waals surface area (Å²) in [7, 11) is -7.15. The van der Waals surface area contributed by atoms with Crippen LogP contribution in [0.1, 0.15) is 26.8 Å². The van der Waals surface area contributed by atoms with Crippen LogP contribution in [0.4, 0.5) is 33.2 Å². The zero-order valence-corrected chi connectivity index (χ0v) is 45.1. The summed E-state index contributed by atoms with van der Waals surface area (Å²) < 4.78 is 65.7. The highest BCUT2D eigenvalue weighted by molar-refractivity contribution is 8.13. The number of urea groups is 1. The lowest BCUT2D eigenvalue weighted by Crippen LogP contribution is -2.38. The largest absolute Gasteiger partial charge is 0.412 e. The van der Waals surface area contributed by atoms with E-state index < -0.39 is 87.7 Å². The molecule has 0 unspecified atom stereocenters. The van der Waals surface area contributed by atoms with Gasteiger partial charge in [-0.1, -0.05) is 61.1 Å². The van der Waals surface area contributed by atoms with Gasteiger partial charge in [0.15, 0.2) is 10.1 Å². The fourth-order valence-electron chi connectivity index (χ4n) is 4.69. The normalized spacial score (nSPS) is 12.0. The minimum absolute atomic E-state index is 0. The Hall–Kier alpha value is -7.49. The lowest BCUT2D eigenvalue weighted by atomic mass is 10.1. The first kappa shape index (κ1) is 72.6. The van der Waals surface area contributed by atoms with E-state index in [1.54, 1.807) is 12.3 Å². The molecule has 5 aromatic heterocycles. The average molecular weight is 1250 g/mol. The molecule has 7 rings (SSSR count). The van der Waals surface area contributed by atoms with Crippen molar-refractivity contribution in [2.45, 2.75) is 52.7 Å². The van der Waals surface area contributed by atoms with E-state index in [0.717, 1.165) is 34.5 Å². The van der Waals surface area contributed by atoms with Crippen molar-refractivity contribution >= 4 is 127 Å². The van der Waals surface area contributed by atoms with Gasteiger partial charge in [0.25, 0.3) is 35.0 Å². The Kier molecular flexibility index (Phi) is 30.1. The third kappa shape index (κ3) is 22.2. The molecule has 0 spiro atoms. The van der Waals surface area contributed by atoms with E-state index in [9.17, 15) is 75.3 Å². The molecule has 40 heteroatoms. The number of aromatic nitrogens is 5. The number of rotatable bonds is 10. The predicted octanol–water partition coefficient (Wildman–Crippen LogP) is 6.10. The van der Waals surface area contributed by atoms with E-state index in [1.807, 2.05) is 30.3 Å². The molecule has 1 aromatic carbocycles. The molecule has 6 aromatic rings. The number of imide groups is 1. The molecule has 0 bridgehead atoms. The van der Waals surface area contributed by atoms with Gasteiger partial charge in [0.2, 0.25) is 15.2 Å². The van der Waals surface area contributed by atoms with Crippen LogP contribution in [0.2, 0.25) is 5.15 Å². The SMILES string of the molecule is C.CC1(C)C(=O)N(Cl)C(=O)N1Cl.N.NS(=O)(=O)c1ncccc1[N+](=O)[O-].Nc1cccnc1S(N)(=O)=O.O.O=[N+]([O-])c1cccnc1Cl.O=[N+]([O-])c1cccnc1S(=O)(=O)Cl.O=[N+]([O-])c1cccnc1SCc1ccccc1. The molecular weight excluding hydrogens is 1210 g/mol. The van der Waals surface area contributed by atoms with Crippen molar-refractivity contribution in [3.8, 4) is 0 Å². The van der Waals surface area contributed by atoms with E-state index in [-0.39, 0.29) is 46.3 Å². The number of halogens is 4. The Balaban J connectivity index is 0. The van der Waals surface area contributed by atoms with Crippen LogP contribution in [0.25, 0.3) is 0 Å². The van der Waals surface area contributed by atoms with Gasteiger partial charge in [-0.3, -0.25) is 45.3 Å². The number of anilines is 1. The number of nitrogens with zero attached hydrogens (tertiary/aromatic N) is 11. The van der Waals surface area contributed by atoms with Crippen LogP contribution in [-0.4, -0.2) is 102 Å². The lowest BCUT2D eigenvalue weighted by molar-refractivity contribution is -0.388. The van der Waals surface area contributed by atoms with Gasteiger partial charge in [0.1, 0.15) is 5.54 Å². The summed E-state index contributed by atoms with van der Waals surface area (Å²) >= 11 is 17.5. The first-order chi connectivity index (χ1) is 34.7. The molecule has 6 heterocycles. The van der Waals surface area contributed by atoms with Gasteiger partial charge in [-0.25, -0.2) is 69.7 Å². The molecule has 1 fully saturated rings. The van der Waals surface area contributed by atoms with Gasteiger partial charge < -0.3 is 17.4 Å². The van der Waals surface area contributed by atoms with Crippen molar-refractivity contribution in [2.75, 3.05) is 5.73 Å². The Bertz CT molecular complexity index is 3320. The Morgan fingerprint density at radius 1 is 0.603 bits per heavy atom. The first-order valence-electron chi connectivity index (χ1n) is 19.2. The molecule has 78 heavy (non-hydrogen) atoms. The quantitative estimate of drug-likeness (QED) is 0.0229. The number of nitrogen functional groups attached to an aromatic ring is 1. The molecule has 11 N–H and O–H groups in total. The maximum atomic E-state index is 11.1. The van der Waals surface area contributed by atoms with Crippen molar-refractivity contribution in [1.29, 1.82) is 0 Å². The third-order valence-corrected chi connectivity index (χ3v) is 13.3. The van der Waals surface area contributed by atoms with Crippen LogP contribution in [0, 0.1) is 40.5 Å². The maximum Gasteiger partial charge on any atom is 0.357 e. The van der Waals surface area contributed by atoms with Crippen LogP contribution in [-0.2, 0) is 39.6 Å². The van der Waals surface area contributed by atoms with Crippen molar-refractivity contribution in [1.82, 2.24) is 39.9 Å². The molecule has 0 aliphatic carbocycles. The minimum atomic E-state index is -4.16. The topological polar surface area (TPSA) is 525 Å². The summed E-state index contributed by atoms with van der Waals surface area (Å²) in [5.74, 6) is 0.165. The van der Waals surface area contributed by atoms with E-state index in [1.165, 1.54) is 80.5 Å². The molecule has 1 saturated heterocycles. The molecule has 3 amide bonds. The molecular formula is C38H43Cl4N15O17S4. The summed E-state index contributed by atoms with van der Waals surface area (Å²) in [6.45, 7) is 3.03. The number of nitro groups is 4. The fraction of sp³-hybridized carbons (Fsp3) is 0.132. The summed E-state index contributed by atoms with van der Waals surface area (Å²) in [5.41, 5.74) is 4.08. The number of pyridine rings is 5. The summed E-state index contributed by atoms with van der Waals surface area (Å²) in [6, 6.07) is 22.4. The fourth-order valence-corrected chi connectivity index (χ4v) is 8.45. The smallest absolute Gasteiger partial charge is 0.357 e. The van der Waals surface area contributed by atoms with Crippen molar-refractivity contribution in [2.24, 2.45) is 10.3 Å². The summed E-state index contributed by atoms with van der Waals surface area (Å²) in [4.78, 5) is 78.5. The number of amides is 3. The predicted molar refractivity (Wildman–Crippen MR) is 284 cm³/mol. The van der Waals surface area contributed by atoms with Gasteiger partial charge in [0.05, 0.1) is 25.4 Å². The van der Waals surface area contributed by atoms with Gasteiger partial charge >= 0.3 is 28.8 Å². The number of sulfonamides is 2. The highest BCUT2D eigenvalue weighted by Gasteiger charge is 2.51. The lowest BCUT2D eigenvalue weighted by Gasteiger charge is -2.18. The maximum absolute atomic E-state index is 11.1. The Labute approximate surface area is 466 Å². The van der Waals surface area contributed by atoms with Crippen LogP contribution in [0.3, 0.4) is 0 Å². The van der Waals surface area contributed by atoms with Crippen LogP contribution in [0.5, 0.6) is 0 Å². The molecule has 1 aliphatic heterocycles. The first-order valence-corrected chi connectivity index (χ1v) is 26.6. The molecule has 1 aliphatic rings. The van der Waals surface area contributed by atoms with Gasteiger partial charge in [-0.2, -0.15) is 4.42 Å². The molecule has 424 valence electrons. The summed E-state index contributed by atoms with van der Waals surface area (Å²) in [5, 5.41) is 49.6.